The first-order valence-corrected chi connectivity index (χ1v) is 9.91. The summed E-state index contributed by atoms with van der Waals surface area (Å²) in [6, 6.07) is 18.4. The standard InChI is InChI=1S/C23H18ClN5O/c1-14-20(22(30)27-17-10-8-16(24)9-11-17)21(15-5-4-12-25-13-15)29-19-7-3-2-6-18(19)28-23(29)26-14/h2-13,21H,1H3,(H,26,28)(H,27,30)/t21-/m1/s1. The summed E-state index contributed by atoms with van der Waals surface area (Å²) >= 11 is 5.97. The number of halogens is 1. The Morgan fingerprint density at radius 3 is 2.67 bits per heavy atom. The van der Waals surface area contributed by atoms with Crippen LogP contribution in [-0.2, 0) is 4.79 Å². The number of amides is 1. The van der Waals surface area contributed by atoms with Crippen molar-refractivity contribution in [2.24, 2.45) is 0 Å². The quantitative estimate of drug-likeness (QED) is 0.493. The topological polar surface area (TPSA) is 71.8 Å². The maximum Gasteiger partial charge on any atom is 0.255 e. The fourth-order valence-electron chi connectivity index (χ4n) is 3.84. The summed E-state index contributed by atoms with van der Waals surface area (Å²) in [4.78, 5) is 22.4. The highest BCUT2D eigenvalue weighted by atomic mass is 35.5. The summed E-state index contributed by atoms with van der Waals surface area (Å²) in [6.07, 6.45) is 3.51. The largest absolute Gasteiger partial charge is 0.329 e. The fourth-order valence-corrected chi connectivity index (χ4v) is 3.97. The summed E-state index contributed by atoms with van der Waals surface area (Å²) in [7, 11) is 0. The average Bonchev–Trinajstić information content (AvgIpc) is 3.12. The number of para-hydroxylation sites is 2. The van der Waals surface area contributed by atoms with Crippen LogP contribution in [0.5, 0.6) is 0 Å². The molecule has 0 spiro atoms. The molecule has 0 fully saturated rings. The van der Waals surface area contributed by atoms with E-state index in [0.29, 0.717) is 22.2 Å². The summed E-state index contributed by atoms with van der Waals surface area (Å²) in [6.45, 7) is 1.89. The van der Waals surface area contributed by atoms with Crippen LogP contribution >= 0.6 is 11.6 Å². The van der Waals surface area contributed by atoms with Gasteiger partial charge in [-0.2, -0.15) is 0 Å². The van der Waals surface area contributed by atoms with Crippen LogP contribution in [0.1, 0.15) is 18.5 Å². The Balaban J connectivity index is 1.65. The van der Waals surface area contributed by atoms with Crippen LogP contribution in [-0.4, -0.2) is 20.4 Å². The molecule has 148 valence electrons. The molecule has 2 aromatic carbocycles. The Hall–Kier alpha value is -3.64. The van der Waals surface area contributed by atoms with Crippen LogP contribution < -0.4 is 10.6 Å². The molecule has 1 amide bonds. The molecule has 5 rings (SSSR count). The first kappa shape index (κ1) is 18.4. The number of imidazole rings is 1. The first-order chi connectivity index (χ1) is 14.6. The molecule has 0 saturated carbocycles. The van der Waals surface area contributed by atoms with E-state index in [-0.39, 0.29) is 11.9 Å². The van der Waals surface area contributed by atoms with E-state index in [0.717, 1.165) is 22.3 Å². The SMILES string of the molecule is CC1=C(C(=O)Nc2ccc(Cl)cc2)[C@@H](c2cccnc2)n2c(nc3ccccc32)N1. The fraction of sp³-hybridized carbons (Fsp3) is 0.0870. The third-order valence-corrected chi connectivity index (χ3v) is 5.43. The molecule has 3 heterocycles. The number of carbonyl (C=O) groups is 1. The van der Waals surface area contributed by atoms with E-state index in [1.54, 1.807) is 36.7 Å². The van der Waals surface area contributed by atoms with Gasteiger partial charge < -0.3 is 10.6 Å². The monoisotopic (exact) mass is 415 g/mol. The number of allylic oxidation sites excluding steroid dienone is 1. The third-order valence-electron chi connectivity index (χ3n) is 5.18. The van der Waals surface area contributed by atoms with E-state index in [4.69, 9.17) is 16.6 Å². The Kier molecular flexibility index (Phi) is 4.48. The van der Waals surface area contributed by atoms with Gasteiger partial charge in [-0.15, -0.1) is 0 Å². The van der Waals surface area contributed by atoms with Crippen LogP contribution in [0, 0.1) is 0 Å². The summed E-state index contributed by atoms with van der Waals surface area (Å²) in [5.74, 6) is 0.505. The van der Waals surface area contributed by atoms with Crippen molar-refractivity contribution in [1.82, 2.24) is 14.5 Å². The Morgan fingerprint density at radius 1 is 1.10 bits per heavy atom. The lowest BCUT2D eigenvalue weighted by Gasteiger charge is -2.30. The van der Waals surface area contributed by atoms with Gasteiger partial charge in [-0.05, 0) is 55.0 Å². The van der Waals surface area contributed by atoms with Crippen molar-refractivity contribution in [2.45, 2.75) is 13.0 Å². The minimum atomic E-state index is -0.366. The average molecular weight is 416 g/mol. The number of carbonyl (C=O) groups excluding carboxylic acids is 1. The van der Waals surface area contributed by atoms with Crippen LogP contribution in [0.2, 0.25) is 5.02 Å². The van der Waals surface area contributed by atoms with E-state index in [2.05, 4.69) is 20.2 Å². The molecule has 2 aromatic heterocycles. The smallest absolute Gasteiger partial charge is 0.255 e. The number of nitrogens with zero attached hydrogens (tertiary/aromatic N) is 3. The van der Waals surface area contributed by atoms with Crippen LogP contribution in [0.4, 0.5) is 11.6 Å². The summed E-state index contributed by atoms with van der Waals surface area (Å²) in [5.41, 5.74) is 4.74. The maximum atomic E-state index is 13.4. The predicted octanol–water partition coefficient (Wildman–Crippen LogP) is 5.01. The van der Waals surface area contributed by atoms with E-state index in [1.165, 1.54) is 0 Å². The van der Waals surface area contributed by atoms with Crippen LogP contribution in [0.15, 0.2) is 84.3 Å². The molecule has 6 nitrogen and oxygen atoms in total. The predicted molar refractivity (Wildman–Crippen MR) is 119 cm³/mol. The number of fused-ring (bicyclic) bond motifs is 3. The number of anilines is 2. The molecule has 0 saturated heterocycles. The molecular weight excluding hydrogens is 398 g/mol. The second-order valence-electron chi connectivity index (χ2n) is 7.11. The van der Waals surface area contributed by atoms with Crippen molar-refractivity contribution in [3.05, 3.63) is 94.9 Å². The van der Waals surface area contributed by atoms with Gasteiger partial charge in [0.15, 0.2) is 0 Å². The number of rotatable bonds is 3. The molecule has 7 heteroatoms. The van der Waals surface area contributed by atoms with E-state index in [9.17, 15) is 4.79 Å². The molecule has 0 bridgehead atoms. The zero-order chi connectivity index (χ0) is 20.7. The second kappa shape index (κ2) is 7.31. The number of aromatic nitrogens is 3. The van der Waals surface area contributed by atoms with Gasteiger partial charge in [-0.1, -0.05) is 29.8 Å². The van der Waals surface area contributed by atoms with Crippen LogP contribution in [0.3, 0.4) is 0 Å². The highest BCUT2D eigenvalue weighted by Gasteiger charge is 2.34. The van der Waals surface area contributed by atoms with Gasteiger partial charge in [0.1, 0.15) is 0 Å². The lowest BCUT2D eigenvalue weighted by atomic mass is 9.95. The third kappa shape index (κ3) is 3.11. The molecule has 0 aliphatic carbocycles. The van der Waals surface area contributed by atoms with Crippen molar-refractivity contribution in [1.29, 1.82) is 0 Å². The van der Waals surface area contributed by atoms with Crippen LogP contribution in [0.25, 0.3) is 11.0 Å². The highest BCUT2D eigenvalue weighted by molar-refractivity contribution is 6.30. The molecule has 0 radical (unpaired) electrons. The number of pyridine rings is 1. The van der Waals surface area contributed by atoms with Crippen molar-refractivity contribution in [3.63, 3.8) is 0 Å². The van der Waals surface area contributed by atoms with Gasteiger partial charge >= 0.3 is 0 Å². The van der Waals surface area contributed by atoms with E-state index < -0.39 is 0 Å². The highest BCUT2D eigenvalue weighted by Crippen LogP contribution is 2.39. The second-order valence-corrected chi connectivity index (χ2v) is 7.54. The normalized spacial score (nSPS) is 15.6. The number of hydrogen-bond acceptors (Lipinski definition) is 4. The molecule has 1 aliphatic rings. The molecule has 4 aromatic rings. The van der Waals surface area contributed by atoms with Crippen molar-refractivity contribution < 1.29 is 4.79 Å². The lowest BCUT2D eigenvalue weighted by Crippen LogP contribution is -2.31. The van der Waals surface area contributed by atoms with Crippen molar-refractivity contribution in [3.8, 4) is 0 Å². The number of benzene rings is 2. The zero-order valence-corrected chi connectivity index (χ0v) is 16.9. The number of hydrogen-bond donors (Lipinski definition) is 2. The van der Waals surface area contributed by atoms with E-state index in [1.807, 2.05) is 43.3 Å². The van der Waals surface area contributed by atoms with Gasteiger partial charge in [0.05, 0.1) is 22.6 Å². The summed E-state index contributed by atoms with van der Waals surface area (Å²) in [5, 5.41) is 6.91. The van der Waals surface area contributed by atoms with Gasteiger partial charge in [-0.3, -0.25) is 14.3 Å². The maximum absolute atomic E-state index is 13.4. The molecule has 1 aliphatic heterocycles. The van der Waals surface area contributed by atoms with Crippen molar-refractivity contribution in [2.75, 3.05) is 10.6 Å². The van der Waals surface area contributed by atoms with Gasteiger partial charge in [0, 0.05) is 28.8 Å². The van der Waals surface area contributed by atoms with Gasteiger partial charge in [-0.25, -0.2) is 4.98 Å². The van der Waals surface area contributed by atoms with Crippen molar-refractivity contribution >= 4 is 40.2 Å². The zero-order valence-electron chi connectivity index (χ0n) is 16.1. The molecule has 0 unspecified atom stereocenters. The summed E-state index contributed by atoms with van der Waals surface area (Å²) < 4.78 is 2.05. The Labute approximate surface area is 178 Å². The molecular formula is C23H18ClN5O. The lowest BCUT2D eigenvalue weighted by molar-refractivity contribution is -0.113. The first-order valence-electron chi connectivity index (χ1n) is 9.53. The molecule has 2 N–H and O–H groups in total. The number of nitrogens with one attached hydrogen (secondary N) is 2. The Bertz CT molecular complexity index is 1280. The molecule has 1 atom stereocenters. The minimum Gasteiger partial charge on any atom is -0.329 e. The minimum absolute atomic E-state index is 0.195. The Morgan fingerprint density at radius 2 is 1.90 bits per heavy atom. The van der Waals surface area contributed by atoms with Gasteiger partial charge in [0.2, 0.25) is 5.95 Å². The van der Waals surface area contributed by atoms with E-state index >= 15 is 0 Å². The molecule has 30 heavy (non-hydrogen) atoms. The van der Waals surface area contributed by atoms with Gasteiger partial charge in [0.25, 0.3) is 5.91 Å².